The molecule has 2 nitrogen and oxygen atoms in total. The molecule has 0 N–H and O–H groups in total. The molecule has 2 aliphatic carbocycles. The molecule has 0 heterocycles. The summed E-state index contributed by atoms with van der Waals surface area (Å²) in [7, 11) is 0. The first-order valence-corrected chi connectivity index (χ1v) is 4.41. The summed E-state index contributed by atoms with van der Waals surface area (Å²) in [6.45, 7) is 0. The third-order valence-electron chi connectivity index (χ3n) is 3.11. The Morgan fingerprint density at radius 2 is 2.27 bits per heavy atom. The second-order valence-electron chi connectivity index (χ2n) is 3.73. The summed E-state index contributed by atoms with van der Waals surface area (Å²) in [6.07, 6.45) is 3.76. The lowest BCUT2D eigenvalue weighted by molar-refractivity contribution is -0.311. The summed E-state index contributed by atoms with van der Waals surface area (Å²) in [5, 5.41) is 10.7. The van der Waals surface area contributed by atoms with Crippen molar-refractivity contribution in [3.63, 3.8) is 0 Å². The van der Waals surface area contributed by atoms with Gasteiger partial charge in [-0.2, -0.15) is 0 Å². The number of alkyl halides is 1. The average Bonchev–Trinajstić information content (AvgIpc) is 2.45. The van der Waals surface area contributed by atoms with Crippen LogP contribution < -0.4 is 5.11 Å². The van der Waals surface area contributed by atoms with Crippen molar-refractivity contribution in [2.45, 2.75) is 30.6 Å². The Bertz CT molecular complexity index is 204. The number of halogens is 1. The lowest BCUT2D eigenvalue weighted by Gasteiger charge is -2.32. The van der Waals surface area contributed by atoms with Crippen LogP contribution in [-0.4, -0.2) is 10.8 Å². The SMILES string of the molecule is O=C([O-])[C@]1(Cl)C[C@@H]2CC[C@H]1C2. The molecule has 0 aromatic rings. The predicted octanol–water partition coefficient (Wildman–Crippen LogP) is 0.534. The van der Waals surface area contributed by atoms with Crippen LogP contribution in [0, 0.1) is 11.8 Å². The number of carbonyl (C=O) groups is 1. The van der Waals surface area contributed by atoms with Crippen LogP contribution in [0.4, 0.5) is 0 Å². The fourth-order valence-corrected chi connectivity index (χ4v) is 2.93. The highest BCUT2D eigenvalue weighted by Gasteiger charge is 2.50. The Morgan fingerprint density at radius 3 is 2.55 bits per heavy atom. The smallest absolute Gasteiger partial charge is 0.0869 e. The van der Waals surface area contributed by atoms with Crippen LogP contribution in [0.2, 0.25) is 0 Å². The van der Waals surface area contributed by atoms with Crippen molar-refractivity contribution in [1.29, 1.82) is 0 Å². The summed E-state index contributed by atoms with van der Waals surface area (Å²) in [5.74, 6) is -0.332. The van der Waals surface area contributed by atoms with Crippen molar-refractivity contribution in [2.24, 2.45) is 11.8 Å². The third-order valence-corrected chi connectivity index (χ3v) is 3.73. The first kappa shape index (κ1) is 7.41. The van der Waals surface area contributed by atoms with Crippen molar-refractivity contribution < 1.29 is 9.90 Å². The van der Waals surface area contributed by atoms with E-state index in [2.05, 4.69) is 0 Å². The van der Waals surface area contributed by atoms with Gasteiger partial charge in [-0.25, -0.2) is 0 Å². The lowest BCUT2D eigenvalue weighted by atomic mass is 9.88. The number of carbonyl (C=O) groups excluding carboxylic acids is 1. The maximum absolute atomic E-state index is 10.7. The zero-order chi connectivity index (χ0) is 8.06. The van der Waals surface area contributed by atoms with Gasteiger partial charge in [-0.15, -0.1) is 11.6 Å². The molecule has 3 heteroatoms. The van der Waals surface area contributed by atoms with Gasteiger partial charge in [-0.3, -0.25) is 0 Å². The van der Waals surface area contributed by atoms with E-state index in [4.69, 9.17) is 11.6 Å². The number of hydrogen-bond acceptors (Lipinski definition) is 2. The number of aliphatic carboxylic acids is 1. The van der Waals surface area contributed by atoms with Crippen LogP contribution in [-0.2, 0) is 4.79 Å². The van der Waals surface area contributed by atoms with Crippen LogP contribution in [0.3, 0.4) is 0 Å². The van der Waals surface area contributed by atoms with Gasteiger partial charge in [0, 0.05) is 0 Å². The van der Waals surface area contributed by atoms with Crippen molar-refractivity contribution in [2.75, 3.05) is 0 Å². The maximum Gasteiger partial charge on any atom is 0.0869 e. The first-order valence-electron chi connectivity index (χ1n) is 4.03. The molecule has 0 radical (unpaired) electrons. The molecule has 2 fully saturated rings. The number of carboxylic acid groups (broad SMARTS) is 1. The van der Waals surface area contributed by atoms with E-state index in [0.717, 1.165) is 19.3 Å². The molecule has 62 valence electrons. The van der Waals surface area contributed by atoms with Crippen molar-refractivity contribution in [3.05, 3.63) is 0 Å². The molecule has 2 aliphatic rings. The van der Waals surface area contributed by atoms with Gasteiger partial charge in [-0.1, -0.05) is 6.42 Å². The molecule has 2 saturated carbocycles. The minimum Gasteiger partial charge on any atom is -0.548 e. The van der Waals surface area contributed by atoms with E-state index in [1.165, 1.54) is 0 Å². The number of fused-ring (bicyclic) bond motifs is 2. The molecule has 3 atom stereocenters. The lowest BCUT2D eigenvalue weighted by Crippen LogP contribution is -2.47. The Hall–Kier alpha value is -0.240. The topological polar surface area (TPSA) is 40.1 Å². The van der Waals surface area contributed by atoms with Crippen LogP contribution in [0.1, 0.15) is 25.7 Å². The second kappa shape index (κ2) is 2.13. The molecule has 2 rings (SSSR count). The summed E-state index contributed by atoms with van der Waals surface area (Å²) in [4.78, 5) is 9.66. The molecule has 0 amide bonds. The van der Waals surface area contributed by atoms with Crippen molar-refractivity contribution in [3.8, 4) is 0 Å². The molecule has 0 spiro atoms. The maximum atomic E-state index is 10.7. The molecule has 0 unspecified atom stereocenters. The van der Waals surface area contributed by atoms with E-state index >= 15 is 0 Å². The fraction of sp³-hybridized carbons (Fsp3) is 0.875. The summed E-state index contributed by atoms with van der Waals surface area (Å²) in [6, 6.07) is 0. The van der Waals surface area contributed by atoms with Gasteiger partial charge in [0.1, 0.15) is 0 Å². The van der Waals surface area contributed by atoms with Gasteiger partial charge < -0.3 is 9.90 Å². The summed E-state index contributed by atoms with van der Waals surface area (Å²) in [5.41, 5.74) is 0. The van der Waals surface area contributed by atoms with Crippen LogP contribution >= 0.6 is 11.6 Å². The predicted molar refractivity (Wildman–Crippen MR) is 39.0 cm³/mol. The number of hydrogen-bond donors (Lipinski definition) is 0. The molecular formula is C8H10ClO2-. The Kier molecular flexibility index (Phi) is 1.43. The molecule has 0 aromatic heterocycles. The Labute approximate surface area is 70.5 Å². The van der Waals surface area contributed by atoms with Crippen molar-refractivity contribution in [1.82, 2.24) is 0 Å². The van der Waals surface area contributed by atoms with Crippen molar-refractivity contribution >= 4 is 17.6 Å². The van der Waals surface area contributed by atoms with Crippen LogP contribution in [0.25, 0.3) is 0 Å². The van der Waals surface area contributed by atoms with E-state index < -0.39 is 10.8 Å². The zero-order valence-corrected chi connectivity index (χ0v) is 6.93. The molecule has 0 saturated heterocycles. The Balaban J connectivity index is 2.23. The largest absolute Gasteiger partial charge is 0.548 e. The molecule has 0 aliphatic heterocycles. The monoisotopic (exact) mass is 173 g/mol. The number of carboxylic acids is 1. The third kappa shape index (κ3) is 0.886. The van der Waals surface area contributed by atoms with E-state index in [1.807, 2.05) is 0 Å². The van der Waals surface area contributed by atoms with Gasteiger partial charge in [0.05, 0.1) is 10.8 Å². The molecule has 2 bridgehead atoms. The van der Waals surface area contributed by atoms with Gasteiger partial charge in [-0.05, 0) is 31.1 Å². The van der Waals surface area contributed by atoms with Crippen LogP contribution in [0.15, 0.2) is 0 Å². The van der Waals surface area contributed by atoms with Gasteiger partial charge in [0.25, 0.3) is 0 Å². The van der Waals surface area contributed by atoms with E-state index in [0.29, 0.717) is 12.3 Å². The normalized spacial score (nSPS) is 48.1. The minimum atomic E-state index is -1.06. The van der Waals surface area contributed by atoms with E-state index in [-0.39, 0.29) is 5.92 Å². The van der Waals surface area contributed by atoms with Crippen LogP contribution in [0.5, 0.6) is 0 Å². The quantitative estimate of drug-likeness (QED) is 0.543. The Morgan fingerprint density at radius 1 is 1.55 bits per heavy atom. The number of rotatable bonds is 1. The highest BCUT2D eigenvalue weighted by Crippen LogP contribution is 2.53. The minimum absolute atomic E-state index is 0.180. The second-order valence-corrected chi connectivity index (χ2v) is 4.40. The first-order chi connectivity index (χ1) is 5.13. The summed E-state index contributed by atoms with van der Waals surface area (Å²) < 4.78 is 0. The molecule has 11 heavy (non-hydrogen) atoms. The van der Waals surface area contributed by atoms with Gasteiger partial charge >= 0.3 is 0 Å². The fourth-order valence-electron chi connectivity index (χ4n) is 2.51. The summed E-state index contributed by atoms with van der Waals surface area (Å²) >= 11 is 5.94. The molecule has 0 aromatic carbocycles. The zero-order valence-electron chi connectivity index (χ0n) is 6.18. The van der Waals surface area contributed by atoms with E-state index in [9.17, 15) is 9.90 Å². The highest BCUT2D eigenvalue weighted by atomic mass is 35.5. The standard InChI is InChI=1S/C8H11ClO2/c9-8(7(10)11)4-5-1-2-6(8)3-5/h5-6H,1-4H2,(H,10,11)/p-1/t5-,6+,8+/m1/s1. The average molecular weight is 174 g/mol. The molecular weight excluding hydrogens is 164 g/mol. The van der Waals surface area contributed by atoms with E-state index in [1.54, 1.807) is 0 Å². The van der Waals surface area contributed by atoms with Gasteiger partial charge in [0.2, 0.25) is 0 Å². The van der Waals surface area contributed by atoms with Gasteiger partial charge in [0.15, 0.2) is 0 Å². The highest BCUT2D eigenvalue weighted by molar-refractivity contribution is 6.34.